The third kappa shape index (κ3) is 4.75. The Bertz CT molecular complexity index is 915. The first-order chi connectivity index (χ1) is 13.8. The van der Waals surface area contributed by atoms with Crippen molar-refractivity contribution in [3.05, 3.63) is 66.1 Å². The van der Waals surface area contributed by atoms with Crippen LogP contribution >= 0.6 is 0 Å². The van der Waals surface area contributed by atoms with E-state index in [1.165, 1.54) is 5.56 Å². The van der Waals surface area contributed by atoms with Crippen LogP contribution in [0, 0.1) is 6.92 Å². The molecule has 0 aliphatic carbocycles. The summed E-state index contributed by atoms with van der Waals surface area (Å²) in [6.07, 6.45) is 6.19. The van der Waals surface area contributed by atoms with Crippen LogP contribution < -0.4 is 10.2 Å². The molecule has 144 valence electrons. The number of rotatable bonds is 6. The van der Waals surface area contributed by atoms with E-state index < -0.39 is 0 Å². The van der Waals surface area contributed by atoms with Gasteiger partial charge in [-0.3, -0.25) is 4.90 Å². The molecule has 3 aromatic rings. The molecule has 0 unspecified atom stereocenters. The molecule has 1 aromatic carbocycles. The smallest absolute Gasteiger partial charge is 0.230 e. The fourth-order valence-corrected chi connectivity index (χ4v) is 3.19. The van der Waals surface area contributed by atoms with E-state index in [0.717, 1.165) is 44.3 Å². The second-order valence-corrected chi connectivity index (χ2v) is 6.79. The van der Waals surface area contributed by atoms with E-state index in [9.17, 15) is 0 Å². The molecule has 1 aliphatic heterocycles. The van der Waals surface area contributed by atoms with Gasteiger partial charge >= 0.3 is 0 Å². The van der Waals surface area contributed by atoms with Gasteiger partial charge in [0.2, 0.25) is 5.95 Å². The Labute approximate surface area is 164 Å². The molecule has 0 bridgehead atoms. The van der Waals surface area contributed by atoms with Gasteiger partial charge in [-0.05, 0) is 18.6 Å². The minimum absolute atomic E-state index is 0.527. The molecule has 1 N–H and O–H groups in total. The predicted molar refractivity (Wildman–Crippen MR) is 111 cm³/mol. The number of hydrogen-bond acceptors (Lipinski definition) is 7. The number of nitrogens with zero attached hydrogens (tertiary/aromatic N) is 5. The van der Waals surface area contributed by atoms with Gasteiger partial charge in [0.1, 0.15) is 11.6 Å². The average Bonchev–Trinajstić information content (AvgIpc) is 3.14. The van der Waals surface area contributed by atoms with Crippen molar-refractivity contribution in [2.24, 2.45) is 0 Å². The lowest BCUT2D eigenvalue weighted by Crippen LogP contribution is -2.46. The summed E-state index contributed by atoms with van der Waals surface area (Å²) in [4.78, 5) is 13.6. The Morgan fingerprint density at radius 3 is 2.68 bits per heavy atom. The van der Waals surface area contributed by atoms with Crippen molar-refractivity contribution in [1.29, 1.82) is 0 Å². The van der Waals surface area contributed by atoms with Gasteiger partial charge in [0.25, 0.3) is 0 Å². The van der Waals surface area contributed by atoms with E-state index in [0.29, 0.717) is 11.8 Å². The van der Waals surface area contributed by atoms with E-state index in [-0.39, 0.29) is 0 Å². The van der Waals surface area contributed by atoms with Crippen LogP contribution in [0.25, 0.3) is 6.08 Å². The van der Waals surface area contributed by atoms with E-state index in [1.807, 2.05) is 25.1 Å². The third-order valence-electron chi connectivity index (χ3n) is 4.68. The molecule has 0 spiro atoms. The second kappa shape index (κ2) is 8.67. The minimum atomic E-state index is 0.527. The van der Waals surface area contributed by atoms with Crippen LogP contribution in [0.1, 0.15) is 11.3 Å². The van der Waals surface area contributed by atoms with Gasteiger partial charge in [-0.15, -0.1) is 0 Å². The summed E-state index contributed by atoms with van der Waals surface area (Å²) >= 11 is 0. The fraction of sp³-hybridized carbons (Fsp3) is 0.286. The van der Waals surface area contributed by atoms with Gasteiger partial charge in [-0.2, -0.15) is 4.98 Å². The number of hydrogen-bond donors (Lipinski definition) is 1. The standard InChI is InChI=1S/C21H24N6O/c1-17-16-19(25-28-17)23-21-22-10-9-20(24-21)27-14-12-26(13-15-27)11-5-8-18-6-3-2-4-7-18/h2-10,16H,11-15H2,1H3,(H,22,23,24,25)/b8-5+. The maximum atomic E-state index is 5.07. The molecule has 0 atom stereocenters. The number of anilines is 3. The lowest BCUT2D eigenvalue weighted by atomic mass is 10.2. The van der Waals surface area contributed by atoms with Gasteiger partial charge in [0.05, 0.1) is 0 Å². The van der Waals surface area contributed by atoms with Crippen molar-refractivity contribution in [3.63, 3.8) is 0 Å². The van der Waals surface area contributed by atoms with Crippen LogP contribution in [-0.4, -0.2) is 52.7 Å². The summed E-state index contributed by atoms with van der Waals surface area (Å²) < 4.78 is 5.07. The predicted octanol–water partition coefficient (Wildman–Crippen LogP) is 3.35. The molecule has 1 saturated heterocycles. The summed E-state index contributed by atoms with van der Waals surface area (Å²) in [6, 6.07) is 14.2. The molecular formula is C21H24N6O. The topological polar surface area (TPSA) is 70.3 Å². The maximum Gasteiger partial charge on any atom is 0.230 e. The van der Waals surface area contributed by atoms with Gasteiger partial charge in [0.15, 0.2) is 5.82 Å². The molecule has 0 saturated carbocycles. The van der Waals surface area contributed by atoms with Crippen LogP contribution in [0.5, 0.6) is 0 Å². The number of piperazine rings is 1. The van der Waals surface area contributed by atoms with Crippen LogP contribution in [-0.2, 0) is 0 Å². The first kappa shape index (κ1) is 18.2. The lowest BCUT2D eigenvalue weighted by Gasteiger charge is -2.34. The van der Waals surface area contributed by atoms with Crippen molar-refractivity contribution >= 4 is 23.7 Å². The van der Waals surface area contributed by atoms with Gasteiger partial charge in [-0.1, -0.05) is 47.6 Å². The normalized spacial score (nSPS) is 15.2. The Kier molecular flexibility index (Phi) is 5.63. The molecule has 28 heavy (non-hydrogen) atoms. The summed E-state index contributed by atoms with van der Waals surface area (Å²) in [5.41, 5.74) is 1.24. The number of nitrogens with one attached hydrogen (secondary N) is 1. The Morgan fingerprint density at radius 2 is 1.93 bits per heavy atom. The summed E-state index contributed by atoms with van der Waals surface area (Å²) in [5.74, 6) is 2.82. The highest BCUT2D eigenvalue weighted by Gasteiger charge is 2.17. The Hall–Kier alpha value is -3.19. The summed E-state index contributed by atoms with van der Waals surface area (Å²) in [5, 5.41) is 7.00. The molecule has 7 heteroatoms. The molecule has 4 rings (SSSR count). The maximum absolute atomic E-state index is 5.07. The summed E-state index contributed by atoms with van der Waals surface area (Å²) in [6.45, 7) is 6.72. The van der Waals surface area contributed by atoms with E-state index in [1.54, 1.807) is 6.20 Å². The van der Waals surface area contributed by atoms with Crippen molar-refractivity contribution < 1.29 is 4.52 Å². The third-order valence-corrected chi connectivity index (χ3v) is 4.68. The van der Waals surface area contributed by atoms with E-state index in [2.05, 4.69) is 66.7 Å². The lowest BCUT2D eigenvalue weighted by molar-refractivity contribution is 0.283. The van der Waals surface area contributed by atoms with E-state index >= 15 is 0 Å². The van der Waals surface area contributed by atoms with Crippen LogP contribution in [0.3, 0.4) is 0 Å². The zero-order valence-corrected chi connectivity index (χ0v) is 16.0. The van der Waals surface area contributed by atoms with Crippen molar-refractivity contribution in [1.82, 2.24) is 20.0 Å². The van der Waals surface area contributed by atoms with Crippen LogP contribution in [0.4, 0.5) is 17.6 Å². The SMILES string of the molecule is Cc1cc(Nc2nccc(N3CCN(C/C=C/c4ccccc4)CC3)n2)no1. The zero-order valence-electron chi connectivity index (χ0n) is 16.0. The molecule has 7 nitrogen and oxygen atoms in total. The van der Waals surface area contributed by atoms with Gasteiger partial charge in [0, 0.05) is 45.0 Å². The molecular weight excluding hydrogens is 352 g/mol. The molecule has 3 heterocycles. The highest BCUT2D eigenvalue weighted by molar-refractivity contribution is 5.51. The number of aryl methyl sites for hydroxylation is 1. The van der Waals surface area contributed by atoms with E-state index in [4.69, 9.17) is 4.52 Å². The number of aromatic nitrogens is 3. The fourth-order valence-electron chi connectivity index (χ4n) is 3.19. The quantitative estimate of drug-likeness (QED) is 0.707. The minimum Gasteiger partial charge on any atom is -0.360 e. The van der Waals surface area contributed by atoms with Crippen molar-refractivity contribution in [3.8, 4) is 0 Å². The first-order valence-corrected chi connectivity index (χ1v) is 9.48. The largest absolute Gasteiger partial charge is 0.360 e. The molecule has 1 aliphatic rings. The second-order valence-electron chi connectivity index (χ2n) is 6.79. The Morgan fingerprint density at radius 1 is 1.11 bits per heavy atom. The molecule has 0 radical (unpaired) electrons. The molecule has 0 amide bonds. The number of benzene rings is 1. The highest BCUT2D eigenvalue weighted by atomic mass is 16.5. The van der Waals surface area contributed by atoms with Gasteiger partial charge < -0.3 is 14.7 Å². The summed E-state index contributed by atoms with van der Waals surface area (Å²) in [7, 11) is 0. The molecule has 1 fully saturated rings. The Balaban J connectivity index is 1.30. The van der Waals surface area contributed by atoms with Crippen molar-refractivity contribution in [2.45, 2.75) is 6.92 Å². The average molecular weight is 376 g/mol. The van der Waals surface area contributed by atoms with Crippen molar-refractivity contribution in [2.75, 3.05) is 42.9 Å². The van der Waals surface area contributed by atoms with Crippen LogP contribution in [0.15, 0.2) is 59.3 Å². The van der Waals surface area contributed by atoms with Crippen LogP contribution in [0.2, 0.25) is 0 Å². The van der Waals surface area contributed by atoms with Gasteiger partial charge in [-0.25, -0.2) is 4.98 Å². The monoisotopic (exact) mass is 376 g/mol. The highest BCUT2D eigenvalue weighted by Crippen LogP contribution is 2.17. The zero-order chi connectivity index (χ0) is 19.2. The molecule has 2 aromatic heterocycles. The first-order valence-electron chi connectivity index (χ1n) is 9.48.